The molecule has 0 aliphatic carbocycles. The SMILES string of the molecule is CC(O)C(Cc1cc(F)cc(F)c1)N(Cl)C(=O)OC(C)(C)C. The van der Waals surface area contributed by atoms with Crippen LogP contribution in [0.25, 0.3) is 0 Å². The quantitative estimate of drug-likeness (QED) is 0.854. The molecular weight excluding hydrogens is 316 g/mol. The number of carbonyl (C=O) groups excluding carboxylic acids is 1. The highest BCUT2D eigenvalue weighted by Crippen LogP contribution is 2.20. The van der Waals surface area contributed by atoms with Gasteiger partial charge in [0.15, 0.2) is 0 Å². The molecule has 1 aromatic carbocycles. The highest BCUT2D eigenvalue weighted by Gasteiger charge is 2.30. The summed E-state index contributed by atoms with van der Waals surface area (Å²) in [4.78, 5) is 11.9. The zero-order valence-corrected chi connectivity index (χ0v) is 13.7. The van der Waals surface area contributed by atoms with Gasteiger partial charge >= 0.3 is 6.09 Å². The minimum atomic E-state index is -1.02. The summed E-state index contributed by atoms with van der Waals surface area (Å²) in [5.41, 5.74) is -0.476. The highest BCUT2D eigenvalue weighted by atomic mass is 35.5. The maximum absolute atomic E-state index is 13.2. The van der Waals surface area contributed by atoms with E-state index in [9.17, 15) is 18.7 Å². The molecule has 2 atom stereocenters. The predicted molar refractivity (Wildman–Crippen MR) is 79.5 cm³/mol. The predicted octanol–water partition coefficient (Wildman–Crippen LogP) is 3.65. The van der Waals surface area contributed by atoms with Crippen LogP contribution in [0.15, 0.2) is 18.2 Å². The standard InChI is InChI=1S/C15H20ClF2NO3/c1-9(20)13(19(16)14(21)22-15(2,3)4)7-10-5-11(17)8-12(18)6-10/h5-6,8-9,13,20H,7H2,1-4H3. The highest BCUT2D eigenvalue weighted by molar-refractivity contribution is 6.20. The molecule has 0 bridgehead atoms. The zero-order chi connectivity index (χ0) is 17.1. The molecule has 1 amide bonds. The first-order valence-corrected chi connectivity index (χ1v) is 7.14. The number of aliphatic hydroxyl groups excluding tert-OH is 1. The van der Waals surface area contributed by atoms with Crippen molar-refractivity contribution in [1.29, 1.82) is 0 Å². The summed E-state index contributed by atoms with van der Waals surface area (Å²) in [5.74, 6) is -1.48. The summed E-state index contributed by atoms with van der Waals surface area (Å²) in [6.07, 6.45) is -1.87. The molecule has 0 spiro atoms. The molecule has 0 aliphatic rings. The van der Waals surface area contributed by atoms with Crippen molar-refractivity contribution >= 4 is 17.9 Å². The number of hydrogen-bond acceptors (Lipinski definition) is 3. The molecule has 0 aliphatic heterocycles. The molecule has 0 radical (unpaired) electrons. The van der Waals surface area contributed by atoms with E-state index in [0.29, 0.717) is 0 Å². The molecule has 0 saturated carbocycles. The van der Waals surface area contributed by atoms with Crippen molar-refractivity contribution in [2.45, 2.75) is 51.9 Å². The minimum Gasteiger partial charge on any atom is -0.443 e. The third-order valence-electron chi connectivity index (χ3n) is 2.78. The van der Waals surface area contributed by atoms with E-state index in [1.165, 1.54) is 6.92 Å². The normalized spacial score (nSPS) is 14.4. The molecule has 4 nitrogen and oxygen atoms in total. The third-order valence-corrected chi connectivity index (χ3v) is 3.17. The Morgan fingerprint density at radius 1 is 1.32 bits per heavy atom. The van der Waals surface area contributed by atoms with Gasteiger partial charge in [0.25, 0.3) is 0 Å². The van der Waals surface area contributed by atoms with Crippen molar-refractivity contribution in [2.24, 2.45) is 0 Å². The van der Waals surface area contributed by atoms with Crippen LogP contribution in [0.2, 0.25) is 0 Å². The van der Waals surface area contributed by atoms with Gasteiger partial charge in [-0.05, 0) is 51.8 Å². The van der Waals surface area contributed by atoms with Crippen LogP contribution in [0.1, 0.15) is 33.3 Å². The van der Waals surface area contributed by atoms with E-state index >= 15 is 0 Å². The monoisotopic (exact) mass is 335 g/mol. The maximum Gasteiger partial charge on any atom is 0.425 e. The molecular formula is C15H20ClF2NO3. The largest absolute Gasteiger partial charge is 0.443 e. The number of ether oxygens (including phenoxy) is 1. The van der Waals surface area contributed by atoms with E-state index in [2.05, 4.69) is 0 Å². The number of aliphatic hydroxyl groups is 1. The summed E-state index contributed by atoms with van der Waals surface area (Å²) < 4.78 is 32.3. The van der Waals surface area contributed by atoms with Crippen LogP contribution in [0.3, 0.4) is 0 Å². The lowest BCUT2D eigenvalue weighted by atomic mass is 10.0. The average Bonchev–Trinajstić information content (AvgIpc) is 2.31. The molecule has 1 aromatic rings. The molecule has 0 aromatic heterocycles. The number of rotatable bonds is 4. The van der Waals surface area contributed by atoms with Crippen LogP contribution in [-0.4, -0.2) is 33.4 Å². The van der Waals surface area contributed by atoms with Crippen LogP contribution in [-0.2, 0) is 11.2 Å². The van der Waals surface area contributed by atoms with E-state index in [1.54, 1.807) is 20.8 Å². The lowest BCUT2D eigenvalue weighted by molar-refractivity contribution is 0.0211. The molecule has 2 unspecified atom stereocenters. The summed E-state index contributed by atoms with van der Waals surface area (Å²) in [7, 11) is 0. The Morgan fingerprint density at radius 2 is 1.82 bits per heavy atom. The summed E-state index contributed by atoms with van der Waals surface area (Å²) in [6.45, 7) is 6.46. The van der Waals surface area contributed by atoms with Crippen molar-refractivity contribution < 1.29 is 23.4 Å². The molecule has 7 heteroatoms. The Bertz CT molecular complexity index is 512. The number of halogens is 3. The van der Waals surface area contributed by atoms with E-state index in [0.717, 1.165) is 22.6 Å². The second-order valence-electron chi connectivity index (χ2n) is 6.08. The van der Waals surface area contributed by atoms with Gasteiger partial charge in [-0.2, -0.15) is 0 Å². The summed E-state index contributed by atoms with van der Waals surface area (Å²) in [6, 6.07) is 2.10. The molecule has 0 saturated heterocycles. The Labute approximate surface area is 133 Å². The summed E-state index contributed by atoms with van der Waals surface area (Å²) in [5, 5.41) is 9.81. The van der Waals surface area contributed by atoms with Gasteiger partial charge in [-0.15, -0.1) is 0 Å². The fourth-order valence-corrected chi connectivity index (χ4v) is 2.12. The van der Waals surface area contributed by atoms with Crippen LogP contribution in [0.5, 0.6) is 0 Å². The molecule has 22 heavy (non-hydrogen) atoms. The van der Waals surface area contributed by atoms with E-state index in [4.69, 9.17) is 16.5 Å². The topological polar surface area (TPSA) is 49.8 Å². The number of amides is 1. The van der Waals surface area contributed by atoms with Crippen molar-refractivity contribution in [3.05, 3.63) is 35.4 Å². The van der Waals surface area contributed by atoms with E-state index in [-0.39, 0.29) is 12.0 Å². The lowest BCUT2D eigenvalue weighted by Crippen LogP contribution is -2.44. The molecule has 1 N–H and O–H groups in total. The van der Waals surface area contributed by atoms with Crippen molar-refractivity contribution in [3.63, 3.8) is 0 Å². The van der Waals surface area contributed by atoms with Crippen LogP contribution < -0.4 is 0 Å². The van der Waals surface area contributed by atoms with Crippen LogP contribution in [0, 0.1) is 11.6 Å². The van der Waals surface area contributed by atoms with Gasteiger partial charge in [-0.3, -0.25) is 0 Å². The molecule has 0 fully saturated rings. The molecule has 124 valence electrons. The lowest BCUT2D eigenvalue weighted by Gasteiger charge is -2.30. The minimum absolute atomic E-state index is 0.0188. The average molecular weight is 336 g/mol. The first-order valence-electron chi connectivity index (χ1n) is 6.80. The van der Waals surface area contributed by atoms with Crippen molar-refractivity contribution in [2.75, 3.05) is 0 Å². The van der Waals surface area contributed by atoms with Gasteiger partial charge in [0, 0.05) is 17.8 Å². The summed E-state index contributed by atoms with van der Waals surface area (Å²) >= 11 is 5.94. The van der Waals surface area contributed by atoms with Crippen LogP contribution in [0.4, 0.5) is 13.6 Å². The Morgan fingerprint density at radius 3 is 2.23 bits per heavy atom. The Kier molecular flexibility index (Phi) is 6.14. The zero-order valence-electron chi connectivity index (χ0n) is 12.9. The third kappa shape index (κ3) is 5.77. The molecule has 1 rings (SSSR count). The van der Waals surface area contributed by atoms with Crippen molar-refractivity contribution in [3.8, 4) is 0 Å². The van der Waals surface area contributed by atoms with Gasteiger partial charge in [0.2, 0.25) is 0 Å². The first-order chi connectivity index (χ1) is 9.99. The van der Waals surface area contributed by atoms with Crippen molar-refractivity contribution in [1.82, 2.24) is 4.42 Å². The smallest absolute Gasteiger partial charge is 0.425 e. The second-order valence-corrected chi connectivity index (χ2v) is 6.45. The van der Waals surface area contributed by atoms with Gasteiger partial charge in [0.1, 0.15) is 17.2 Å². The van der Waals surface area contributed by atoms with Crippen LogP contribution >= 0.6 is 11.8 Å². The Hall–Kier alpha value is -1.40. The second kappa shape index (κ2) is 7.24. The van der Waals surface area contributed by atoms with E-state index in [1.807, 2.05) is 0 Å². The molecule has 0 heterocycles. The van der Waals surface area contributed by atoms with Gasteiger partial charge in [-0.25, -0.2) is 18.0 Å². The maximum atomic E-state index is 13.2. The van der Waals surface area contributed by atoms with Gasteiger partial charge in [0.05, 0.1) is 12.1 Å². The Balaban J connectivity index is 2.91. The number of carbonyl (C=O) groups is 1. The van der Waals surface area contributed by atoms with Gasteiger partial charge < -0.3 is 9.84 Å². The van der Waals surface area contributed by atoms with Gasteiger partial charge in [-0.1, -0.05) is 0 Å². The number of nitrogens with zero attached hydrogens (tertiary/aromatic N) is 1. The number of benzene rings is 1. The first kappa shape index (κ1) is 18.6. The number of hydrogen-bond donors (Lipinski definition) is 1. The fourth-order valence-electron chi connectivity index (χ4n) is 1.85. The van der Waals surface area contributed by atoms with E-state index < -0.39 is 35.5 Å². The fraction of sp³-hybridized carbons (Fsp3) is 0.533.